The van der Waals surface area contributed by atoms with E-state index in [9.17, 15) is 4.79 Å². The van der Waals surface area contributed by atoms with Crippen LogP contribution in [-0.4, -0.2) is 31.1 Å². The Hall–Kier alpha value is -0.610. The Kier molecular flexibility index (Phi) is 11.4. The summed E-state index contributed by atoms with van der Waals surface area (Å²) in [5.41, 5.74) is 0. The van der Waals surface area contributed by atoms with Gasteiger partial charge in [-0.25, -0.2) is 4.79 Å². The van der Waals surface area contributed by atoms with E-state index in [0.29, 0.717) is 6.61 Å². The number of aliphatic hydroxyl groups excluding tert-OH is 1. The van der Waals surface area contributed by atoms with E-state index in [1.165, 1.54) is 45.6 Å². The Balaban J connectivity index is 3.16. The van der Waals surface area contributed by atoms with Gasteiger partial charge in [0.05, 0.1) is 6.61 Å². The van der Waals surface area contributed by atoms with Crippen LogP contribution in [0.2, 0.25) is 0 Å². The van der Waals surface area contributed by atoms with E-state index in [-0.39, 0.29) is 0 Å². The normalized spacial score (nSPS) is 12.4. The first-order valence-corrected chi connectivity index (χ1v) is 6.59. The molecule has 0 aliphatic rings. The highest BCUT2D eigenvalue weighted by Crippen LogP contribution is 2.08. The lowest BCUT2D eigenvalue weighted by Gasteiger charge is -2.08. The number of ether oxygens (including phenoxy) is 2. The third-order valence-corrected chi connectivity index (χ3v) is 2.67. The van der Waals surface area contributed by atoms with Gasteiger partial charge in [0.2, 0.25) is 0 Å². The first kappa shape index (κ1) is 16.4. The molecule has 4 nitrogen and oxygen atoms in total. The molecule has 0 amide bonds. The number of hydrogen-bond donors (Lipinski definition) is 1. The molecule has 1 N–H and O–H groups in total. The fraction of sp³-hybridized carbons (Fsp3) is 0.923. The van der Waals surface area contributed by atoms with Crippen LogP contribution in [0.4, 0.5) is 0 Å². The molecule has 1 unspecified atom stereocenters. The van der Waals surface area contributed by atoms with Gasteiger partial charge >= 0.3 is 5.97 Å². The molecule has 1 atom stereocenters. The zero-order valence-electron chi connectivity index (χ0n) is 11.1. The van der Waals surface area contributed by atoms with Crippen LogP contribution >= 0.6 is 0 Å². The number of carbonyl (C=O) groups excluding carboxylic acids is 1. The van der Waals surface area contributed by atoms with Crippen LogP contribution < -0.4 is 0 Å². The van der Waals surface area contributed by atoms with Crippen molar-refractivity contribution >= 4 is 5.97 Å². The maximum Gasteiger partial charge on any atom is 0.363 e. The van der Waals surface area contributed by atoms with E-state index in [2.05, 4.69) is 11.7 Å². The minimum absolute atomic E-state index is 0.369. The summed E-state index contributed by atoms with van der Waals surface area (Å²) in [6, 6.07) is 0. The highest BCUT2D eigenvalue weighted by atomic mass is 16.6. The van der Waals surface area contributed by atoms with Gasteiger partial charge in [0.1, 0.15) is 0 Å². The van der Waals surface area contributed by atoms with Crippen LogP contribution in [0.1, 0.15) is 58.3 Å². The van der Waals surface area contributed by atoms with Crippen molar-refractivity contribution in [3.8, 4) is 0 Å². The third-order valence-electron chi connectivity index (χ3n) is 2.67. The van der Waals surface area contributed by atoms with Crippen molar-refractivity contribution in [1.82, 2.24) is 0 Å². The number of esters is 1. The van der Waals surface area contributed by atoms with Crippen molar-refractivity contribution in [2.24, 2.45) is 0 Å². The number of methoxy groups -OCH3 is 1. The second kappa shape index (κ2) is 11.9. The Morgan fingerprint density at radius 3 is 2.12 bits per heavy atom. The van der Waals surface area contributed by atoms with E-state index in [0.717, 1.165) is 12.8 Å². The molecule has 0 saturated carbocycles. The molecule has 0 radical (unpaired) electrons. The molecule has 0 aromatic carbocycles. The zero-order valence-corrected chi connectivity index (χ0v) is 11.1. The maximum absolute atomic E-state index is 11.0. The first-order valence-electron chi connectivity index (χ1n) is 6.59. The van der Waals surface area contributed by atoms with Crippen LogP contribution in [0.5, 0.6) is 0 Å². The average molecular weight is 246 g/mol. The highest BCUT2D eigenvalue weighted by molar-refractivity contribution is 5.72. The zero-order chi connectivity index (χ0) is 12.9. The lowest BCUT2D eigenvalue weighted by molar-refractivity contribution is -0.178. The summed E-state index contributed by atoms with van der Waals surface area (Å²) in [7, 11) is 1.27. The molecule has 0 aromatic heterocycles. The molecule has 4 heteroatoms. The fourth-order valence-electron chi connectivity index (χ4n) is 1.58. The third kappa shape index (κ3) is 10.3. The fourth-order valence-corrected chi connectivity index (χ4v) is 1.58. The van der Waals surface area contributed by atoms with E-state index < -0.39 is 12.3 Å². The summed E-state index contributed by atoms with van der Waals surface area (Å²) in [5.74, 6) is -0.699. The van der Waals surface area contributed by atoms with Gasteiger partial charge in [0.25, 0.3) is 6.29 Å². The van der Waals surface area contributed by atoms with Gasteiger partial charge in [-0.15, -0.1) is 0 Å². The Bertz CT molecular complexity index is 182. The molecule has 0 fully saturated rings. The number of unbranched alkanes of at least 4 members (excludes halogenated alkanes) is 7. The van der Waals surface area contributed by atoms with Crippen LogP contribution in [0.15, 0.2) is 0 Å². The Labute approximate surface area is 104 Å². The molecule has 0 rings (SSSR count). The smallest absolute Gasteiger partial charge is 0.363 e. The number of aliphatic hydroxyl groups is 1. The van der Waals surface area contributed by atoms with Gasteiger partial charge in [-0.3, -0.25) is 0 Å². The molecule has 0 heterocycles. The monoisotopic (exact) mass is 246 g/mol. The minimum Gasteiger partial charge on any atom is -0.462 e. The predicted octanol–water partition coefficient (Wildman–Crippen LogP) is 2.64. The predicted molar refractivity (Wildman–Crippen MR) is 66.6 cm³/mol. The molecular weight excluding hydrogens is 220 g/mol. The first-order chi connectivity index (χ1) is 8.22. The molecule has 0 aliphatic carbocycles. The van der Waals surface area contributed by atoms with Crippen LogP contribution in [-0.2, 0) is 14.3 Å². The molecule has 0 saturated heterocycles. The molecule has 102 valence electrons. The standard InChI is InChI=1S/C13H26O4/c1-3-4-5-6-7-8-9-10-11-17-13(15)12(14)16-2/h12,14H,3-11H2,1-2H3. The molecule has 0 spiro atoms. The quantitative estimate of drug-likeness (QED) is 0.346. The van der Waals surface area contributed by atoms with Gasteiger partial charge in [0.15, 0.2) is 0 Å². The lowest BCUT2D eigenvalue weighted by atomic mass is 10.1. The Morgan fingerprint density at radius 1 is 1.06 bits per heavy atom. The van der Waals surface area contributed by atoms with Crippen LogP contribution in [0.25, 0.3) is 0 Å². The topological polar surface area (TPSA) is 55.8 Å². The Morgan fingerprint density at radius 2 is 1.59 bits per heavy atom. The molecular formula is C13H26O4. The van der Waals surface area contributed by atoms with Crippen LogP contribution in [0.3, 0.4) is 0 Å². The summed E-state index contributed by atoms with van der Waals surface area (Å²) in [4.78, 5) is 11.0. The molecule has 17 heavy (non-hydrogen) atoms. The van der Waals surface area contributed by atoms with Gasteiger partial charge in [-0.2, -0.15) is 0 Å². The van der Waals surface area contributed by atoms with Gasteiger partial charge in [-0.1, -0.05) is 51.9 Å². The lowest BCUT2D eigenvalue weighted by Crippen LogP contribution is -2.24. The van der Waals surface area contributed by atoms with Gasteiger partial charge in [0, 0.05) is 7.11 Å². The number of rotatable bonds is 11. The summed E-state index contributed by atoms with van der Waals surface area (Å²) < 4.78 is 9.25. The van der Waals surface area contributed by atoms with E-state index in [4.69, 9.17) is 9.84 Å². The number of carbonyl (C=O) groups is 1. The highest BCUT2D eigenvalue weighted by Gasteiger charge is 2.14. The number of hydrogen-bond acceptors (Lipinski definition) is 4. The van der Waals surface area contributed by atoms with Crippen molar-refractivity contribution < 1.29 is 19.4 Å². The van der Waals surface area contributed by atoms with E-state index >= 15 is 0 Å². The molecule has 0 aromatic rings. The molecule has 0 bridgehead atoms. The summed E-state index contributed by atoms with van der Waals surface area (Å²) in [5, 5.41) is 8.95. The SMILES string of the molecule is CCCCCCCCCCOC(=O)C(O)OC. The van der Waals surface area contributed by atoms with Crippen molar-refractivity contribution in [1.29, 1.82) is 0 Å². The average Bonchev–Trinajstić information content (AvgIpc) is 2.35. The second-order valence-electron chi connectivity index (χ2n) is 4.23. The van der Waals surface area contributed by atoms with Crippen molar-refractivity contribution in [2.75, 3.05) is 13.7 Å². The van der Waals surface area contributed by atoms with E-state index in [1.807, 2.05) is 0 Å². The van der Waals surface area contributed by atoms with Gasteiger partial charge < -0.3 is 14.6 Å². The van der Waals surface area contributed by atoms with Crippen molar-refractivity contribution in [3.63, 3.8) is 0 Å². The van der Waals surface area contributed by atoms with E-state index in [1.54, 1.807) is 0 Å². The van der Waals surface area contributed by atoms with Crippen LogP contribution in [0, 0.1) is 0 Å². The minimum atomic E-state index is -1.44. The maximum atomic E-state index is 11.0. The summed E-state index contributed by atoms with van der Waals surface area (Å²) >= 11 is 0. The van der Waals surface area contributed by atoms with Crippen molar-refractivity contribution in [2.45, 2.75) is 64.6 Å². The van der Waals surface area contributed by atoms with Gasteiger partial charge in [-0.05, 0) is 6.42 Å². The summed E-state index contributed by atoms with van der Waals surface area (Å²) in [6.45, 7) is 2.58. The van der Waals surface area contributed by atoms with Crippen molar-refractivity contribution in [3.05, 3.63) is 0 Å². The summed E-state index contributed by atoms with van der Waals surface area (Å²) in [6.07, 6.45) is 8.16. The molecule has 0 aliphatic heterocycles. The second-order valence-corrected chi connectivity index (χ2v) is 4.23. The largest absolute Gasteiger partial charge is 0.462 e.